The summed E-state index contributed by atoms with van der Waals surface area (Å²) in [6.45, 7) is 0. The molecule has 5 heteroatoms. The lowest BCUT2D eigenvalue weighted by Gasteiger charge is -2.56. The Labute approximate surface area is 182 Å². The van der Waals surface area contributed by atoms with E-state index in [4.69, 9.17) is 9.15 Å². The Morgan fingerprint density at radius 2 is 1.81 bits per heavy atom. The number of nitrogens with one attached hydrogen (secondary N) is 1. The van der Waals surface area contributed by atoms with Crippen molar-refractivity contribution in [3.8, 4) is 17.2 Å². The first-order chi connectivity index (χ1) is 15.1. The summed E-state index contributed by atoms with van der Waals surface area (Å²) < 4.78 is 11.4. The number of rotatable bonds is 5. The Morgan fingerprint density at radius 3 is 2.48 bits per heavy atom. The predicted molar refractivity (Wildman–Crippen MR) is 120 cm³/mol. The van der Waals surface area contributed by atoms with Crippen LogP contribution in [0.5, 0.6) is 5.75 Å². The second kappa shape index (κ2) is 7.11. The zero-order valence-corrected chi connectivity index (χ0v) is 17.9. The number of para-hydroxylation sites is 2. The number of aromatic nitrogens is 1. The van der Waals surface area contributed by atoms with Crippen LogP contribution in [0, 0.1) is 23.2 Å². The van der Waals surface area contributed by atoms with Crippen LogP contribution in [0.4, 0.5) is 5.69 Å². The van der Waals surface area contributed by atoms with E-state index in [9.17, 15) is 4.79 Å². The van der Waals surface area contributed by atoms with Crippen molar-refractivity contribution in [2.75, 3.05) is 12.4 Å². The number of ether oxygens (including phenoxy) is 1. The molecule has 5 nitrogen and oxygen atoms in total. The van der Waals surface area contributed by atoms with Gasteiger partial charge in [0.15, 0.2) is 5.58 Å². The van der Waals surface area contributed by atoms with E-state index < -0.39 is 0 Å². The van der Waals surface area contributed by atoms with Crippen molar-refractivity contribution in [2.45, 2.75) is 44.9 Å². The second-order valence-corrected chi connectivity index (χ2v) is 10.0. The van der Waals surface area contributed by atoms with E-state index in [0.29, 0.717) is 23.7 Å². The highest BCUT2D eigenvalue weighted by molar-refractivity contribution is 5.93. The van der Waals surface area contributed by atoms with Gasteiger partial charge in [-0.2, -0.15) is 0 Å². The van der Waals surface area contributed by atoms with Crippen LogP contribution in [0.2, 0.25) is 0 Å². The summed E-state index contributed by atoms with van der Waals surface area (Å²) in [7, 11) is 1.63. The number of amides is 1. The first-order valence-corrected chi connectivity index (χ1v) is 11.4. The van der Waals surface area contributed by atoms with E-state index >= 15 is 0 Å². The SMILES string of the molecule is COc1ccc(-c2nc3ccccc3o2)cc1NC(=O)CC12CC3CC(CC(C3)C1)C2. The van der Waals surface area contributed by atoms with Gasteiger partial charge >= 0.3 is 0 Å². The first kappa shape index (κ1) is 18.9. The molecule has 3 aromatic rings. The van der Waals surface area contributed by atoms with E-state index in [2.05, 4.69) is 10.3 Å². The van der Waals surface area contributed by atoms with Crippen LogP contribution >= 0.6 is 0 Å². The minimum atomic E-state index is 0.0926. The zero-order chi connectivity index (χ0) is 21.0. The van der Waals surface area contributed by atoms with Crippen molar-refractivity contribution in [3.05, 3.63) is 42.5 Å². The molecule has 4 aliphatic carbocycles. The third-order valence-electron chi connectivity index (χ3n) is 7.72. The average molecular weight is 417 g/mol. The molecule has 31 heavy (non-hydrogen) atoms. The van der Waals surface area contributed by atoms with E-state index in [-0.39, 0.29) is 11.3 Å². The van der Waals surface area contributed by atoms with E-state index in [1.54, 1.807) is 7.11 Å². The lowest BCUT2D eigenvalue weighted by molar-refractivity contribution is -0.124. The van der Waals surface area contributed by atoms with Crippen LogP contribution < -0.4 is 10.1 Å². The Bertz CT molecular complexity index is 1080. The van der Waals surface area contributed by atoms with Crippen LogP contribution in [-0.2, 0) is 4.79 Å². The van der Waals surface area contributed by atoms with Gasteiger partial charge in [0.2, 0.25) is 11.8 Å². The van der Waals surface area contributed by atoms with Crippen LogP contribution in [0.1, 0.15) is 44.9 Å². The van der Waals surface area contributed by atoms with Crippen molar-refractivity contribution in [1.29, 1.82) is 0 Å². The van der Waals surface area contributed by atoms with Gasteiger partial charge in [0.1, 0.15) is 11.3 Å². The summed E-state index contributed by atoms with van der Waals surface area (Å²) in [4.78, 5) is 17.7. The van der Waals surface area contributed by atoms with Crippen molar-refractivity contribution in [2.24, 2.45) is 23.2 Å². The highest BCUT2D eigenvalue weighted by Crippen LogP contribution is 2.61. The summed E-state index contributed by atoms with van der Waals surface area (Å²) >= 11 is 0. The lowest BCUT2D eigenvalue weighted by Crippen LogP contribution is -2.47. The quantitative estimate of drug-likeness (QED) is 0.550. The standard InChI is InChI=1S/C26H28N2O3/c1-30-22-7-6-19(25-28-20-4-2-3-5-23(20)31-25)11-21(22)27-24(29)15-26-12-16-8-17(13-26)10-18(9-16)14-26/h2-7,11,16-18H,8-10,12-15H2,1H3,(H,27,29). The molecule has 0 aliphatic heterocycles. The molecule has 2 aromatic carbocycles. The molecule has 4 bridgehead atoms. The Balaban J connectivity index is 1.24. The molecule has 0 saturated heterocycles. The number of oxazole rings is 1. The summed E-state index contributed by atoms with van der Waals surface area (Å²) in [6, 6.07) is 13.4. The van der Waals surface area contributed by atoms with Gasteiger partial charge in [-0.3, -0.25) is 4.79 Å². The van der Waals surface area contributed by atoms with Crippen LogP contribution in [0.15, 0.2) is 46.9 Å². The van der Waals surface area contributed by atoms with Gasteiger partial charge in [-0.05, 0) is 92.0 Å². The summed E-state index contributed by atoms with van der Waals surface area (Å²) in [6.07, 6.45) is 8.47. The van der Waals surface area contributed by atoms with Gasteiger partial charge < -0.3 is 14.5 Å². The molecule has 4 fully saturated rings. The number of benzene rings is 2. The van der Waals surface area contributed by atoms with Gasteiger partial charge in [-0.15, -0.1) is 0 Å². The molecule has 0 atom stereocenters. The molecule has 0 unspecified atom stereocenters. The fourth-order valence-electron chi connectivity index (χ4n) is 6.98. The molecule has 4 aliphatic rings. The molecule has 1 N–H and O–H groups in total. The molecule has 1 heterocycles. The average Bonchev–Trinajstić information content (AvgIpc) is 3.16. The molecule has 160 valence electrons. The molecule has 1 aromatic heterocycles. The van der Waals surface area contributed by atoms with Crippen molar-refractivity contribution < 1.29 is 13.9 Å². The van der Waals surface area contributed by atoms with Crippen molar-refractivity contribution in [1.82, 2.24) is 4.98 Å². The molecular formula is C26H28N2O3. The van der Waals surface area contributed by atoms with Gasteiger partial charge in [-0.25, -0.2) is 4.98 Å². The van der Waals surface area contributed by atoms with Crippen LogP contribution in [0.25, 0.3) is 22.6 Å². The maximum absolute atomic E-state index is 13.1. The minimum absolute atomic E-state index is 0.0926. The Hall–Kier alpha value is -2.82. The van der Waals surface area contributed by atoms with E-state index in [1.165, 1.54) is 38.5 Å². The minimum Gasteiger partial charge on any atom is -0.495 e. The fraction of sp³-hybridized carbons (Fsp3) is 0.462. The normalized spacial score (nSPS) is 28.7. The van der Waals surface area contributed by atoms with Gasteiger partial charge in [0.05, 0.1) is 12.8 Å². The number of anilines is 1. The van der Waals surface area contributed by atoms with Crippen LogP contribution in [0.3, 0.4) is 0 Å². The van der Waals surface area contributed by atoms with E-state index in [0.717, 1.165) is 34.4 Å². The van der Waals surface area contributed by atoms with Crippen LogP contribution in [-0.4, -0.2) is 18.0 Å². The highest BCUT2D eigenvalue weighted by Gasteiger charge is 2.51. The number of nitrogens with zero attached hydrogens (tertiary/aromatic N) is 1. The largest absolute Gasteiger partial charge is 0.495 e. The maximum atomic E-state index is 13.1. The molecule has 0 radical (unpaired) electrons. The molecule has 4 saturated carbocycles. The zero-order valence-electron chi connectivity index (χ0n) is 17.9. The number of carbonyl (C=O) groups is 1. The number of hydrogen-bond donors (Lipinski definition) is 1. The Kier molecular flexibility index (Phi) is 4.34. The number of fused-ring (bicyclic) bond motifs is 1. The van der Waals surface area contributed by atoms with Crippen molar-refractivity contribution >= 4 is 22.7 Å². The second-order valence-electron chi connectivity index (χ2n) is 10.0. The lowest BCUT2D eigenvalue weighted by atomic mass is 9.49. The number of carbonyl (C=O) groups excluding carboxylic acids is 1. The van der Waals surface area contributed by atoms with Gasteiger partial charge in [0.25, 0.3) is 0 Å². The van der Waals surface area contributed by atoms with Gasteiger partial charge in [-0.1, -0.05) is 12.1 Å². The summed E-state index contributed by atoms with van der Waals surface area (Å²) in [5.41, 5.74) is 3.28. The predicted octanol–water partition coefficient (Wildman–Crippen LogP) is 6.05. The molecule has 1 amide bonds. The van der Waals surface area contributed by atoms with Gasteiger partial charge in [0, 0.05) is 12.0 Å². The number of methoxy groups -OCH3 is 1. The third kappa shape index (κ3) is 3.40. The highest BCUT2D eigenvalue weighted by atomic mass is 16.5. The van der Waals surface area contributed by atoms with E-state index in [1.807, 2.05) is 42.5 Å². The Morgan fingerprint density at radius 1 is 1.10 bits per heavy atom. The molecule has 7 rings (SSSR count). The summed E-state index contributed by atoms with van der Waals surface area (Å²) in [5.74, 6) is 3.82. The topological polar surface area (TPSA) is 64.4 Å². The molecule has 0 spiro atoms. The smallest absolute Gasteiger partial charge is 0.227 e. The number of hydrogen-bond acceptors (Lipinski definition) is 4. The first-order valence-electron chi connectivity index (χ1n) is 11.4. The monoisotopic (exact) mass is 416 g/mol. The third-order valence-corrected chi connectivity index (χ3v) is 7.72. The fourth-order valence-corrected chi connectivity index (χ4v) is 6.98. The summed E-state index contributed by atoms with van der Waals surface area (Å²) in [5, 5.41) is 3.15. The molecular weight excluding hydrogens is 388 g/mol. The maximum Gasteiger partial charge on any atom is 0.227 e. The van der Waals surface area contributed by atoms with Crippen molar-refractivity contribution in [3.63, 3.8) is 0 Å².